The van der Waals surface area contributed by atoms with Gasteiger partial charge in [-0.1, -0.05) is 48.9 Å². The molecule has 2 aromatic rings. The third-order valence-electron chi connectivity index (χ3n) is 4.67. The number of carbonyl (C=O) groups excluding carboxylic acids is 1. The molecule has 1 amide bonds. The Kier molecular flexibility index (Phi) is 5.71. The van der Waals surface area contributed by atoms with Crippen LogP contribution in [0.5, 0.6) is 0 Å². The first-order valence-corrected chi connectivity index (χ1v) is 8.94. The van der Waals surface area contributed by atoms with E-state index in [1.165, 1.54) is 6.07 Å². The van der Waals surface area contributed by atoms with Crippen molar-refractivity contribution in [3.8, 4) is 0 Å². The van der Waals surface area contributed by atoms with Gasteiger partial charge in [0, 0.05) is 30.6 Å². The second-order valence-corrected chi connectivity index (χ2v) is 6.94. The van der Waals surface area contributed by atoms with E-state index in [0.29, 0.717) is 30.1 Å². The number of nitrogens with one attached hydrogen (secondary N) is 1. The summed E-state index contributed by atoms with van der Waals surface area (Å²) in [7, 11) is 0. The molecule has 1 aliphatic heterocycles. The van der Waals surface area contributed by atoms with Crippen LogP contribution in [-0.2, 0) is 11.2 Å². The fraction of sp³-hybridized carbons (Fsp3) is 0.350. The Balaban J connectivity index is 1.77. The molecule has 1 heterocycles. The van der Waals surface area contributed by atoms with E-state index in [4.69, 9.17) is 11.6 Å². The minimum absolute atomic E-state index is 0.0507. The molecular weight excluding hydrogens is 339 g/mol. The standard InChI is InChI=1S/C20H22ClFN2O/c1-14(11-15-5-2-3-8-18(15)22)20(25)24-10-9-23-13-19(24)16-6-4-7-17(21)12-16/h2-8,12,14,19,23H,9-11,13H2,1H3. The Morgan fingerprint density at radius 1 is 1.32 bits per heavy atom. The van der Waals surface area contributed by atoms with Gasteiger partial charge in [-0.05, 0) is 35.7 Å². The highest BCUT2D eigenvalue weighted by atomic mass is 35.5. The highest BCUT2D eigenvalue weighted by molar-refractivity contribution is 6.30. The molecule has 2 atom stereocenters. The molecule has 132 valence electrons. The van der Waals surface area contributed by atoms with E-state index in [9.17, 15) is 9.18 Å². The molecule has 1 N–H and O–H groups in total. The van der Waals surface area contributed by atoms with Crippen molar-refractivity contribution >= 4 is 17.5 Å². The molecule has 0 aliphatic carbocycles. The Labute approximate surface area is 152 Å². The minimum Gasteiger partial charge on any atom is -0.333 e. The van der Waals surface area contributed by atoms with Crippen LogP contribution >= 0.6 is 11.6 Å². The number of hydrogen-bond acceptors (Lipinski definition) is 2. The van der Waals surface area contributed by atoms with E-state index in [0.717, 1.165) is 12.1 Å². The van der Waals surface area contributed by atoms with Crippen molar-refractivity contribution in [1.82, 2.24) is 10.2 Å². The second kappa shape index (κ2) is 7.98. The minimum atomic E-state index is -0.281. The predicted octanol–water partition coefficient (Wildman–Crippen LogP) is 3.83. The van der Waals surface area contributed by atoms with Crippen molar-refractivity contribution in [3.05, 3.63) is 70.5 Å². The van der Waals surface area contributed by atoms with Crippen LogP contribution in [0.15, 0.2) is 48.5 Å². The van der Waals surface area contributed by atoms with Crippen LogP contribution in [0.25, 0.3) is 0 Å². The van der Waals surface area contributed by atoms with Gasteiger partial charge in [0.25, 0.3) is 0 Å². The van der Waals surface area contributed by atoms with Gasteiger partial charge in [0.05, 0.1) is 6.04 Å². The SMILES string of the molecule is CC(Cc1ccccc1F)C(=O)N1CCNCC1c1cccc(Cl)c1. The van der Waals surface area contributed by atoms with Crippen molar-refractivity contribution in [3.63, 3.8) is 0 Å². The first-order valence-electron chi connectivity index (χ1n) is 8.56. The summed E-state index contributed by atoms with van der Waals surface area (Å²) in [6.07, 6.45) is 0.400. The molecule has 1 aliphatic rings. The van der Waals surface area contributed by atoms with Crippen molar-refractivity contribution in [2.75, 3.05) is 19.6 Å². The molecule has 1 saturated heterocycles. The van der Waals surface area contributed by atoms with Crippen LogP contribution in [0.1, 0.15) is 24.1 Å². The lowest BCUT2D eigenvalue weighted by Crippen LogP contribution is -2.50. The lowest BCUT2D eigenvalue weighted by molar-refractivity contribution is -0.138. The summed E-state index contributed by atoms with van der Waals surface area (Å²) in [5.74, 6) is -0.486. The summed E-state index contributed by atoms with van der Waals surface area (Å²) in [4.78, 5) is 14.9. The summed E-state index contributed by atoms with van der Waals surface area (Å²) < 4.78 is 13.9. The maximum absolute atomic E-state index is 13.9. The lowest BCUT2D eigenvalue weighted by Gasteiger charge is -2.38. The van der Waals surface area contributed by atoms with Gasteiger partial charge < -0.3 is 10.2 Å². The van der Waals surface area contributed by atoms with Crippen LogP contribution in [0.4, 0.5) is 4.39 Å². The van der Waals surface area contributed by atoms with E-state index in [1.54, 1.807) is 18.2 Å². The summed E-state index contributed by atoms with van der Waals surface area (Å²) >= 11 is 6.11. The molecule has 0 spiro atoms. The molecule has 0 saturated carbocycles. The Bertz CT molecular complexity index is 752. The molecule has 0 radical (unpaired) electrons. The first-order chi connectivity index (χ1) is 12.1. The average molecular weight is 361 g/mol. The zero-order valence-electron chi connectivity index (χ0n) is 14.2. The van der Waals surface area contributed by atoms with Crippen LogP contribution in [0, 0.1) is 11.7 Å². The highest BCUT2D eigenvalue weighted by Crippen LogP contribution is 2.27. The van der Waals surface area contributed by atoms with E-state index < -0.39 is 0 Å². The number of benzene rings is 2. The summed E-state index contributed by atoms with van der Waals surface area (Å²) in [6.45, 7) is 3.96. The molecule has 2 aromatic carbocycles. The monoisotopic (exact) mass is 360 g/mol. The smallest absolute Gasteiger partial charge is 0.226 e. The van der Waals surface area contributed by atoms with Gasteiger partial charge in [0.15, 0.2) is 0 Å². The molecule has 0 bridgehead atoms. The summed E-state index contributed by atoms with van der Waals surface area (Å²) in [5, 5.41) is 4.00. The molecule has 1 fully saturated rings. The highest BCUT2D eigenvalue weighted by Gasteiger charge is 2.31. The number of piperazine rings is 1. The third-order valence-corrected chi connectivity index (χ3v) is 4.90. The molecular formula is C20H22ClFN2O. The lowest BCUT2D eigenvalue weighted by atomic mass is 9.96. The van der Waals surface area contributed by atoms with Crippen LogP contribution in [-0.4, -0.2) is 30.4 Å². The first kappa shape index (κ1) is 17.9. The maximum atomic E-state index is 13.9. The molecule has 5 heteroatoms. The van der Waals surface area contributed by atoms with Gasteiger partial charge in [-0.2, -0.15) is 0 Å². The largest absolute Gasteiger partial charge is 0.333 e. The zero-order valence-corrected chi connectivity index (χ0v) is 15.0. The van der Waals surface area contributed by atoms with E-state index in [1.807, 2.05) is 36.1 Å². The van der Waals surface area contributed by atoms with Gasteiger partial charge in [-0.25, -0.2) is 4.39 Å². The number of amides is 1. The number of rotatable bonds is 4. The maximum Gasteiger partial charge on any atom is 0.226 e. The Morgan fingerprint density at radius 2 is 2.12 bits per heavy atom. The van der Waals surface area contributed by atoms with Gasteiger partial charge in [0.1, 0.15) is 5.82 Å². The van der Waals surface area contributed by atoms with Gasteiger partial charge in [0.2, 0.25) is 5.91 Å². The average Bonchev–Trinajstić information content (AvgIpc) is 2.63. The fourth-order valence-corrected chi connectivity index (χ4v) is 3.54. The topological polar surface area (TPSA) is 32.3 Å². The van der Waals surface area contributed by atoms with Crippen LogP contribution in [0.2, 0.25) is 5.02 Å². The molecule has 0 aromatic heterocycles. The van der Waals surface area contributed by atoms with E-state index in [2.05, 4.69) is 5.32 Å². The second-order valence-electron chi connectivity index (χ2n) is 6.50. The number of halogens is 2. The van der Waals surface area contributed by atoms with Crippen molar-refractivity contribution in [1.29, 1.82) is 0 Å². The number of carbonyl (C=O) groups is 1. The van der Waals surface area contributed by atoms with Gasteiger partial charge >= 0.3 is 0 Å². The third kappa shape index (κ3) is 4.20. The predicted molar refractivity (Wildman–Crippen MR) is 98.0 cm³/mol. The number of hydrogen-bond donors (Lipinski definition) is 1. The fourth-order valence-electron chi connectivity index (χ4n) is 3.34. The van der Waals surface area contributed by atoms with Crippen LogP contribution < -0.4 is 5.32 Å². The Hall–Kier alpha value is -1.91. The molecule has 3 rings (SSSR count). The normalized spacial score (nSPS) is 18.8. The van der Waals surface area contributed by atoms with Crippen LogP contribution in [0.3, 0.4) is 0 Å². The van der Waals surface area contributed by atoms with E-state index >= 15 is 0 Å². The van der Waals surface area contributed by atoms with E-state index in [-0.39, 0.29) is 23.7 Å². The quantitative estimate of drug-likeness (QED) is 0.898. The van der Waals surface area contributed by atoms with Crippen molar-refractivity contribution in [2.24, 2.45) is 5.92 Å². The molecule has 25 heavy (non-hydrogen) atoms. The zero-order chi connectivity index (χ0) is 17.8. The molecule has 2 unspecified atom stereocenters. The van der Waals surface area contributed by atoms with Gasteiger partial charge in [-0.15, -0.1) is 0 Å². The summed E-state index contributed by atoms with van der Waals surface area (Å²) in [6, 6.07) is 14.2. The van der Waals surface area contributed by atoms with Gasteiger partial charge in [-0.3, -0.25) is 4.79 Å². The summed E-state index contributed by atoms with van der Waals surface area (Å²) in [5.41, 5.74) is 1.60. The van der Waals surface area contributed by atoms with Crippen molar-refractivity contribution in [2.45, 2.75) is 19.4 Å². The van der Waals surface area contributed by atoms with Crippen molar-refractivity contribution < 1.29 is 9.18 Å². The Morgan fingerprint density at radius 3 is 2.88 bits per heavy atom. The molecule has 3 nitrogen and oxygen atoms in total. The number of nitrogens with zero attached hydrogens (tertiary/aromatic N) is 1.